The molecule has 11 rings (SSSR count). The number of rotatable bonds is 5. The molecule has 0 fully saturated rings. The summed E-state index contributed by atoms with van der Waals surface area (Å²) in [6, 6.07) is 51.9. The Balaban J connectivity index is 1.08. The van der Waals surface area contributed by atoms with Crippen LogP contribution >= 0.6 is 0 Å². The van der Waals surface area contributed by atoms with Crippen molar-refractivity contribution in [3.8, 4) is 27.9 Å². The number of hydrogen-bond donors (Lipinski definition) is 0. The quantitative estimate of drug-likeness (QED) is 0.172. The summed E-state index contributed by atoms with van der Waals surface area (Å²) < 4.78 is 2.52. The van der Waals surface area contributed by atoms with Gasteiger partial charge in [-0.1, -0.05) is 141 Å². The molecule has 270 valence electrons. The minimum Gasteiger partial charge on any atom is -0.338 e. The zero-order valence-corrected chi connectivity index (χ0v) is 32.2. The number of anilines is 1. The van der Waals surface area contributed by atoms with Crippen molar-refractivity contribution in [2.45, 2.75) is 51.0 Å². The van der Waals surface area contributed by atoms with Crippen molar-refractivity contribution in [3.05, 3.63) is 214 Å². The Kier molecular flexibility index (Phi) is 7.41. The zero-order valence-electron chi connectivity index (χ0n) is 32.2. The second kappa shape index (κ2) is 12.6. The van der Waals surface area contributed by atoms with Crippen LogP contribution < -0.4 is 4.90 Å². The molecule has 0 amide bonds. The highest BCUT2D eigenvalue weighted by atomic mass is 15.2. The Morgan fingerprint density at radius 1 is 0.643 bits per heavy atom. The van der Waals surface area contributed by atoms with Gasteiger partial charge in [-0.05, 0) is 130 Å². The monoisotopic (exact) mass is 720 g/mol. The van der Waals surface area contributed by atoms with Gasteiger partial charge in [-0.2, -0.15) is 0 Å². The summed E-state index contributed by atoms with van der Waals surface area (Å²) in [5, 5.41) is 1.35. The number of benzene rings is 6. The summed E-state index contributed by atoms with van der Waals surface area (Å²) in [4.78, 5) is 2.68. The topological polar surface area (TPSA) is 8.17 Å². The molecule has 0 saturated heterocycles. The molecule has 0 saturated carbocycles. The molecule has 2 atom stereocenters. The van der Waals surface area contributed by atoms with Crippen molar-refractivity contribution in [1.29, 1.82) is 0 Å². The Morgan fingerprint density at radius 3 is 2.25 bits per heavy atom. The van der Waals surface area contributed by atoms with E-state index in [4.69, 9.17) is 0 Å². The Labute approximate surface area is 330 Å². The van der Waals surface area contributed by atoms with E-state index in [9.17, 15) is 0 Å². The van der Waals surface area contributed by atoms with E-state index < -0.39 is 0 Å². The lowest BCUT2D eigenvalue weighted by Gasteiger charge is -2.40. The van der Waals surface area contributed by atoms with E-state index in [1.54, 1.807) is 0 Å². The average Bonchev–Trinajstić information content (AvgIpc) is 3.68. The summed E-state index contributed by atoms with van der Waals surface area (Å²) >= 11 is 0. The third-order valence-corrected chi connectivity index (χ3v) is 13.0. The highest BCUT2D eigenvalue weighted by molar-refractivity contribution is 5.98. The van der Waals surface area contributed by atoms with Crippen LogP contribution in [0.25, 0.3) is 51.0 Å². The molecule has 0 spiro atoms. The van der Waals surface area contributed by atoms with Gasteiger partial charge in [0.1, 0.15) is 0 Å². The fourth-order valence-electron chi connectivity index (χ4n) is 10.3. The van der Waals surface area contributed by atoms with Gasteiger partial charge in [0.25, 0.3) is 0 Å². The lowest BCUT2D eigenvalue weighted by molar-refractivity contribution is 0.661. The predicted octanol–water partition coefficient (Wildman–Crippen LogP) is 13.4. The van der Waals surface area contributed by atoms with Gasteiger partial charge in [0, 0.05) is 39.5 Å². The zero-order chi connectivity index (χ0) is 37.5. The van der Waals surface area contributed by atoms with Gasteiger partial charge in [0.2, 0.25) is 0 Å². The number of fused-ring (bicyclic) bond motifs is 9. The van der Waals surface area contributed by atoms with Crippen molar-refractivity contribution in [2.75, 3.05) is 4.90 Å². The van der Waals surface area contributed by atoms with Crippen LogP contribution in [0.4, 0.5) is 5.69 Å². The van der Waals surface area contributed by atoms with E-state index in [2.05, 4.69) is 206 Å². The molecule has 1 aromatic heterocycles. The van der Waals surface area contributed by atoms with Crippen LogP contribution in [-0.2, 0) is 11.8 Å². The molecule has 1 heterocycles. The first-order valence-electron chi connectivity index (χ1n) is 20.1. The van der Waals surface area contributed by atoms with Crippen molar-refractivity contribution >= 4 is 28.7 Å². The standard InChI is InChI=1S/C54H44N2/c1-35-30-39(36-14-6-4-7-15-36)25-28-51(35)55(41-26-24-38-23-22-37-16-10-11-19-43(37)45(38)31-41)42-27-29-52-47(32-42)48-33-46-44-20-12-13-21-49(44)54(2,3)50(46)34-53(48)56(52)40-17-8-5-9-18-40/h4-30,33-34,42,45H,31-32H2,1-3H3. The van der Waals surface area contributed by atoms with E-state index in [0.717, 1.165) is 12.8 Å². The van der Waals surface area contributed by atoms with Crippen LogP contribution in [0.5, 0.6) is 0 Å². The predicted molar refractivity (Wildman–Crippen MR) is 235 cm³/mol. The maximum absolute atomic E-state index is 2.68. The molecular formula is C54H44N2. The van der Waals surface area contributed by atoms with Crippen LogP contribution in [0, 0.1) is 6.92 Å². The largest absolute Gasteiger partial charge is 0.338 e. The van der Waals surface area contributed by atoms with Crippen LogP contribution in [0.3, 0.4) is 0 Å². The first kappa shape index (κ1) is 33.0. The summed E-state index contributed by atoms with van der Waals surface area (Å²) in [7, 11) is 0. The maximum Gasteiger partial charge on any atom is 0.0564 e. The van der Waals surface area contributed by atoms with Gasteiger partial charge in [-0.15, -0.1) is 0 Å². The lowest BCUT2D eigenvalue weighted by Crippen LogP contribution is -2.38. The highest BCUT2D eigenvalue weighted by Crippen LogP contribution is 2.52. The lowest BCUT2D eigenvalue weighted by atomic mass is 9.78. The molecular weight excluding hydrogens is 677 g/mol. The smallest absolute Gasteiger partial charge is 0.0564 e. The van der Waals surface area contributed by atoms with Crippen molar-refractivity contribution in [1.82, 2.24) is 4.57 Å². The minimum atomic E-state index is -0.0716. The van der Waals surface area contributed by atoms with Crippen molar-refractivity contribution < 1.29 is 0 Å². The number of allylic oxidation sites excluding steroid dienone is 5. The fourth-order valence-corrected chi connectivity index (χ4v) is 10.3. The Bertz CT molecular complexity index is 2840. The SMILES string of the molecule is Cc1cc(-c2ccccc2)ccc1N(C1=CC=C2C=Cc3ccccc3C2C1)C1C=Cc2c(c3cc4c(cc3n2-c2ccccc2)C(C)(C)c2ccccc2-4)C1. The molecule has 2 nitrogen and oxygen atoms in total. The molecule has 0 bridgehead atoms. The van der Waals surface area contributed by atoms with E-state index in [1.165, 1.54) is 94.9 Å². The number of nitrogens with zero attached hydrogens (tertiary/aromatic N) is 2. The molecule has 4 aliphatic rings. The first-order valence-corrected chi connectivity index (χ1v) is 20.1. The van der Waals surface area contributed by atoms with Gasteiger partial charge < -0.3 is 9.47 Å². The maximum atomic E-state index is 2.68. The van der Waals surface area contributed by atoms with Gasteiger partial charge in [0.15, 0.2) is 0 Å². The molecule has 0 aliphatic heterocycles. The van der Waals surface area contributed by atoms with Gasteiger partial charge in [-0.25, -0.2) is 0 Å². The Hall–Kier alpha value is -6.38. The number of aromatic nitrogens is 1. The molecule has 0 radical (unpaired) electrons. The molecule has 0 N–H and O–H groups in total. The second-order valence-corrected chi connectivity index (χ2v) is 16.5. The third-order valence-electron chi connectivity index (χ3n) is 13.0. The first-order chi connectivity index (χ1) is 27.4. The Morgan fingerprint density at radius 2 is 1.41 bits per heavy atom. The average molecular weight is 721 g/mol. The van der Waals surface area contributed by atoms with Crippen LogP contribution in [0.1, 0.15) is 65.3 Å². The van der Waals surface area contributed by atoms with Gasteiger partial charge in [-0.3, -0.25) is 0 Å². The molecule has 56 heavy (non-hydrogen) atoms. The normalized spacial score (nSPS) is 18.3. The van der Waals surface area contributed by atoms with Gasteiger partial charge >= 0.3 is 0 Å². The summed E-state index contributed by atoms with van der Waals surface area (Å²) in [6.45, 7) is 7.06. The van der Waals surface area contributed by atoms with Crippen LogP contribution in [-0.4, -0.2) is 10.6 Å². The molecule has 2 unspecified atom stereocenters. The van der Waals surface area contributed by atoms with Crippen LogP contribution in [0.2, 0.25) is 0 Å². The number of para-hydroxylation sites is 1. The summed E-state index contributed by atoms with van der Waals surface area (Å²) in [5.41, 5.74) is 21.3. The molecule has 6 aromatic carbocycles. The number of hydrogen-bond acceptors (Lipinski definition) is 1. The third kappa shape index (κ3) is 5.02. The molecule has 7 aromatic rings. The fraction of sp³-hybridized carbons (Fsp3) is 0.148. The molecule has 2 heteroatoms. The van der Waals surface area contributed by atoms with Crippen molar-refractivity contribution in [3.63, 3.8) is 0 Å². The van der Waals surface area contributed by atoms with Crippen molar-refractivity contribution in [2.24, 2.45) is 0 Å². The van der Waals surface area contributed by atoms with E-state index in [0.29, 0.717) is 5.92 Å². The number of aryl methyl sites for hydroxylation is 1. The van der Waals surface area contributed by atoms with Gasteiger partial charge in [0.05, 0.1) is 11.6 Å². The summed E-state index contributed by atoms with van der Waals surface area (Å²) in [6.07, 6.45) is 16.1. The van der Waals surface area contributed by atoms with E-state index in [-0.39, 0.29) is 11.5 Å². The van der Waals surface area contributed by atoms with Crippen LogP contribution in [0.15, 0.2) is 175 Å². The van der Waals surface area contributed by atoms with E-state index in [1.807, 2.05) is 0 Å². The second-order valence-electron chi connectivity index (χ2n) is 16.5. The molecule has 4 aliphatic carbocycles. The van der Waals surface area contributed by atoms with E-state index >= 15 is 0 Å². The highest BCUT2D eigenvalue weighted by Gasteiger charge is 2.38. The minimum absolute atomic E-state index is 0.0716. The summed E-state index contributed by atoms with van der Waals surface area (Å²) in [5.74, 6) is 0.330.